The zero-order valence-corrected chi connectivity index (χ0v) is 12.5. The van der Waals surface area contributed by atoms with E-state index in [1.807, 2.05) is 30.3 Å². The highest BCUT2D eigenvalue weighted by Gasteiger charge is 2.16. The van der Waals surface area contributed by atoms with Gasteiger partial charge >= 0.3 is 5.97 Å². The molecule has 110 valence electrons. The minimum Gasteiger partial charge on any atom is -0.469 e. The van der Waals surface area contributed by atoms with Gasteiger partial charge in [-0.1, -0.05) is 42.5 Å². The molecule has 4 nitrogen and oxygen atoms in total. The van der Waals surface area contributed by atoms with Crippen LogP contribution in [0.3, 0.4) is 0 Å². The van der Waals surface area contributed by atoms with Gasteiger partial charge in [0.1, 0.15) is 0 Å². The third kappa shape index (κ3) is 3.92. The first-order chi connectivity index (χ1) is 10.0. The minimum atomic E-state index is -3.47. The van der Waals surface area contributed by atoms with Crippen LogP contribution in [-0.2, 0) is 19.4 Å². The number of sulfone groups is 1. The Bertz CT molecular complexity index is 704. The number of carbonyl (C=O) groups is 1. The number of benzene rings is 2. The zero-order valence-electron chi connectivity index (χ0n) is 11.7. The number of carbonyl (C=O) groups excluding carboxylic acids is 1. The summed E-state index contributed by atoms with van der Waals surface area (Å²) >= 11 is 0. The van der Waals surface area contributed by atoms with Gasteiger partial charge < -0.3 is 4.74 Å². The van der Waals surface area contributed by atoms with Crippen molar-refractivity contribution in [1.29, 1.82) is 0 Å². The van der Waals surface area contributed by atoms with Crippen molar-refractivity contribution in [3.63, 3.8) is 0 Å². The van der Waals surface area contributed by atoms with E-state index in [0.717, 1.165) is 11.1 Å². The standard InChI is InChI=1S/C16H16O4S/c1-20-16(17)11-12-21(18,19)15-9-7-14(8-10-15)13-5-3-2-4-6-13/h2-10H,11-12H2,1H3. The molecule has 2 aromatic carbocycles. The summed E-state index contributed by atoms with van der Waals surface area (Å²) < 4.78 is 28.6. The molecule has 2 aromatic rings. The van der Waals surface area contributed by atoms with Gasteiger partial charge in [-0.2, -0.15) is 0 Å². The molecule has 0 bridgehead atoms. The summed E-state index contributed by atoms with van der Waals surface area (Å²) in [4.78, 5) is 11.3. The lowest BCUT2D eigenvalue weighted by Crippen LogP contribution is -2.12. The molecule has 0 radical (unpaired) electrons. The lowest BCUT2D eigenvalue weighted by atomic mass is 10.1. The number of hydrogen-bond acceptors (Lipinski definition) is 4. The van der Waals surface area contributed by atoms with Crippen molar-refractivity contribution in [3.05, 3.63) is 54.6 Å². The van der Waals surface area contributed by atoms with Gasteiger partial charge in [0, 0.05) is 0 Å². The van der Waals surface area contributed by atoms with Crippen molar-refractivity contribution in [1.82, 2.24) is 0 Å². The number of rotatable bonds is 5. The maximum atomic E-state index is 12.1. The molecule has 21 heavy (non-hydrogen) atoms. The molecule has 0 amide bonds. The van der Waals surface area contributed by atoms with Crippen molar-refractivity contribution in [2.45, 2.75) is 11.3 Å². The largest absolute Gasteiger partial charge is 0.469 e. The Kier molecular flexibility index (Phi) is 4.75. The van der Waals surface area contributed by atoms with Gasteiger partial charge in [-0.3, -0.25) is 4.79 Å². The van der Waals surface area contributed by atoms with Crippen LogP contribution in [0.2, 0.25) is 0 Å². The molecule has 0 aliphatic heterocycles. The van der Waals surface area contributed by atoms with E-state index in [-0.39, 0.29) is 17.1 Å². The predicted octanol–water partition coefficient (Wildman–Crippen LogP) is 2.69. The quantitative estimate of drug-likeness (QED) is 0.797. The fourth-order valence-electron chi connectivity index (χ4n) is 1.92. The van der Waals surface area contributed by atoms with E-state index in [0.29, 0.717) is 0 Å². The van der Waals surface area contributed by atoms with Crippen molar-refractivity contribution in [2.24, 2.45) is 0 Å². The van der Waals surface area contributed by atoms with Gasteiger partial charge in [-0.25, -0.2) is 8.42 Å². The normalized spacial score (nSPS) is 11.1. The summed E-state index contributed by atoms with van der Waals surface area (Å²) in [5.41, 5.74) is 1.97. The number of esters is 1. The van der Waals surface area contributed by atoms with Crippen LogP contribution in [0, 0.1) is 0 Å². The summed E-state index contributed by atoms with van der Waals surface area (Å²) in [6, 6.07) is 16.4. The highest BCUT2D eigenvalue weighted by atomic mass is 32.2. The van der Waals surface area contributed by atoms with Crippen molar-refractivity contribution < 1.29 is 17.9 Å². The van der Waals surface area contributed by atoms with Gasteiger partial charge in [-0.05, 0) is 23.3 Å². The third-order valence-corrected chi connectivity index (χ3v) is 4.86. The molecule has 0 atom stereocenters. The molecular formula is C16H16O4S. The van der Waals surface area contributed by atoms with Crippen molar-refractivity contribution in [3.8, 4) is 11.1 Å². The molecular weight excluding hydrogens is 288 g/mol. The minimum absolute atomic E-state index is 0.140. The Morgan fingerprint density at radius 1 is 0.952 bits per heavy atom. The average Bonchev–Trinajstić information content (AvgIpc) is 2.53. The number of methoxy groups -OCH3 is 1. The second-order valence-corrected chi connectivity index (χ2v) is 6.64. The Morgan fingerprint density at radius 2 is 1.52 bits per heavy atom. The van der Waals surface area contributed by atoms with Crippen LogP contribution in [0.4, 0.5) is 0 Å². The first kappa shape index (κ1) is 15.3. The van der Waals surface area contributed by atoms with Crippen LogP contribution in [-0.4, -0.2) is 27.2 Å². The van der Waals surface area contributed by atoms with Crippen molar-refractivity contribution in [2.75, 3.05) is 12.9 Å². The summed E-state index contributed by atoms with van der Waals surface area (Å²) in [6.45, 7) is 0. The maximum Gasteiger partial charge on any atom is 0.306 e. The summed E-state index contributed by atoms with van der Waals surface area (Å²) in [6.07, 6.45) is -0.140. The van der Waals surface area contributed by atoms with Crippen LogP contribution in [0.5, 0.6) is 0 Å². The fourth-order valence-corrected chi connectivity index (χ4v) is 3.14. The SMILES string of the molecule is COC(=O)CCS(=O)(=O)c1ccc(-c2ccccc2)cc1. The molecule has 0 heterocycles. The van der Waals surface area contributed by atoms with E-state index in [9.17, 15) is 13.2 Å². The van der Waals surface area contributed by atoms with Gasteiger partial charge in [0.2, 0.25) is 0 Å². The smallest absolute Gasteiger partial charge is 0.306 e. The summed E-state index contributed by atoms with van der Waals surface area (Å²) in [7, 11) is -2.23. The van der Waals surface area contributed by atoms with E-state index >= 15 is 0 Å². The van der Waals surface area contributed by atoms with Gasteiger partial charge in [0.15, 0.2) is 9.84 Å². The van der Waals surface area contributed by atoms with E-state index in [4.69, 9.17) is 0 Å². The summed E-state index contributed by atoms with van der Waals surface area (Å²) in [5.74, 6) is -0.774. The average molecular weight is 304 g/mol. The number of ether oxygens (including phenoxy) is 1. The van der Waals surface area contributed by atoms with E-state index in [1.54, 1.807) is 24.3 Å². The first-order valence-electron chi connectivity index (χ1n) is 6.48. The van der Waals surface area contributed by atoms with Crippen LogP contribution in [0.1, 0.15) is 6.42 Å². The monoisotopic (exact) mass is 304 g/mol. The lowest BCUT2D eigenvalue weighted by Gasteiger charge is -2.06. The molecule has 0 aliphatic rings. The molecule has 0 aliphatic carbocycles. The van der Waals surface area contributed by atoms with Crippen molar-refractivity contribution >= 4 is 15.8 Å². The van der Waals surface area contributed by atoms with E-state index < -0.39 is 15.8 Å². The molecule has 0 fully saturated rings. The first-order valence-corrected chi connectivity index (χ1v) is 8.13. The van der Waals surface area contributed by atoms with Crippen LogP contribution >= 0.6 is 0 Å². The van der Waals surface area contributed by atoms with Gasteiger partial charge in [0.05, 0.1) is 24.2 Å². The number of hydrogen-bond donors (Lipinski definition) is 0. The third-order valence-electron chi connectivity index (χ3n) is 3.12. The zero-order chi connectivity index (χ0) is 15.3. The highest BCUT2D eigenvalue weighted by Crippen LogP contribution is 2.21. The topological polar surface area (TPSA) is 60.4 Å². The molecule has 2 rings (SSSR count). The molecule has 0 aromatic heterocycles. The van der Waals surface area contributed by atoms with E-state index in [2.05, 4.69) is 4.74 Å². The van der Waals surface area contributed by atoms with Gasteiger partial charge in [0.25, 0.3) is 0 Å². The van der Waals surface area contributed by atoms with E-state index in [1.165, 1.54) is 7.11 Å². The molecule has 0 spiro atoms. The summed E-state index contributed by atoms with van der Waals surface area (Å²) in [5, 5.41) is 0. The molecule has 0 unspecified atom stereocenters. The molecule has 0 N–H and O–H groups in total. The molecule has 0 saturated heterocycles. The Hall–Kier alpha value is -2.14. The van der Waals surface area contributed by atoms with Crippen LogP contribution in [0.15, 0.2) is 59.5 Å². The Morgan fingerprint density at radius 3 is 2.10 bits per heavy atom. The second kappa shape index (κ2) is 6.54. The van der Waals surface area contributed by atoms with Crippen LogP contribution in [0.25, 0.3) is 11.1 Å². The Balaban J connectivity index is 2.17. The lowest BCUT2D eigenvalue weighted by molar-refractivity contribution is -0.140. The van der Waals surface area contributed by atoms with Crippen LogP contribution < -0.4 is 0 Å². The second-order valence-electron chi connectivity index (χ2n) is 4.54. The Labute approximate surface area is 124 Å². The fraction of sp³-hybridized carbons (Fsp3) is 0.188. The predicted molar refractivity (Wildman–Crippen MR) is 80.6 cm³/mol. The molecule has 0 saturated carbocycles. The maximum absolute atomic E-state index is 12.1. The highest BCUT2D eigenvalue weighted by molar-refractivity contribution is 7.91. The molecule has 5 heteroatoms. The van der Waals surface area contributed by atoms with Gasteiger partial charge in [-0.15, -0.1) is 0 Å².